The van der Waals surface area contributed by atoms with Crippen LogP contribution in [0.4, 0.5) is 5.69 Å². The summed E-state index contributed by atoms with van der Waals surface area (Å²) in [6, 6.07) is 13.5. The van der Waals surface area contributed by atoms with E-state index in [0.29, 0.717) is 60.1 Å². The van der Waals surface area contributed by atoms with Gasteiger partial charge in [-0.05, 0) is 60.5 Å². The number of amides is 1. The molecule has 37 heavy (non-hydrogen) atoms. The average molecular weight is 501 g/mol. The number of Topliss-reactive ketones (excluding diaryl/α,β-unsaturated/α-hetero) is 1. The zero-order valence-corrected chi connectivity index (χ0v) is 20.0. The molecule has 0 spiro atoms. The molecule has 2 aromatic carbocycles. The van der Waals surface area contributed by atoms with Gasteiger partial charge in [0.05, 0.1) is 23.8 Å². The van der Waals surface area contributed by atoms with Crippen LogP contribution in [0.5, 0.6) is 11.5 Å². The summed E-state index contributed by atoms with van der Waals surface area (Å²) in [6.45, 7) is 2.98. The number of hydrogen-bond acceptors (Lipinski definition) is 8. The van der Waals surface area contributed by atoms with Gasteiger partial charge in [0.2, 0.25) is 0 Å². The number of esters is 1. The van der Waals surface area contributed by atoms with Crippen LogP contribution in [0.2, 0.25) is 0 Å². The SMILES string of the molecule is CCCOC(=O)c1ccc(N2C(=O)C(=O)/C(=C(\O)c3ccc4c(c3)OCCO4)C2c2cccnc2)cc1. The molecule has 1 aromatic heterocycles. The third-order valence-corrected chi connectivity index (χ3v) is 6.08. The van der Waals surface area contributed by atoms with Crippen LogP contribution in [-0.4, -0.2) is 47.6 Å². The maximum Gasteiger partial charge on any atom is 0.338 e. The Morgan fingerprint density at radius 1 is 1.05 bits per heavy atom. The molecule has 9 heteroatoms. The molecule has 0 radical (unpaired) electrons. The molecule has 3 heterocycles. The summed E-state index contributed by atoms with van der Waals surface area (Å²) in [4.78, 5) is 44.3. The quantitative estimate of drug-likeness (QED) is 0.233. The molecule has 9 nitrogen and oxygen atoms in total. The van der Waals surface area contributed by atoms with Crippen LogP contribution in [0.15, 0.2) is 72.6 Å². The summed E-state index contributed by atoms with van der Waals surface area (Å²) < 4.78 is 16.3. The van der Waals surface area contributed by atoms with Gasteiger partial charge in [-0.1, -0.05) is 13.0 Å². The predicted molar refractivity (Wildman–Crippen MR) is 133 cm³/mol. The number of rotatable bonds is 6. The van der Waals surface area contributed by atoms with Crippen LogP contribution in [0.3, 0.4) is 0 Å². The molecule has 2 aliphatic heterocycles. The van der Waals surface area contributed by atoms with Crippen molar-refractivity contribution < 1.29 is 33.7 Å². The Kier molecular flexibility index (Phi) is 6.59. The van der Waals surface area contributed by atoms with Gasteiger partial charge in [0.25, 0.3) is 11.7 Å². The fourth-order valence-electron chi connectivity index (χ4n) is 4.33. The first-order chi connectivity index (χ1) is 18.0. The number of aliphatic hydroxyl groups excluding tert-OH is 1. The molecular weight excluding hydrogens is 476 g/mol. The Morgan fingerprint density at radius 2 is 1.78 bits per heavy atom. The number of ether oxygens (including phenoxy) is 3. The van der Waals surface area contributed by atoms with E-state index in [2.05, 4.69) is 4.98 Å². The van der Waals surface area contributed by atoms with Crippen molar-refractivity contribution in [1.29, 1.82) is 0 Å². The second kappa shape index (κ2) is 10.1. The third-order valence-electron chi connectivity index (χ3n) is 6.08. The van der Waals surface area contributed by atoms with Crippen LogP contribution < -0.4 is 14.4 Å². The monoisotopic (exact) mass is 500 g/mol. The van der Waals surface area contributed by atoms with E-state index >= 15 is 0 Å². The van der Waals surface area contributed by atoms with E-state index in [0.717, 1.165) is 0 Å². The molecule has 1 atom stereocenters. The molecule has 2 aliphatic rings. The van der Waals surface area contributed by atoms with Crippen molar-refractivity contribution in [3.8, 4) is 11.5 Å². The summed E-state index contributed by atoms with van der Waals surface area (Å²) in [7, 11) is 0. The van der Waals surface area contributed by atoms with Crippen molar-refractivity contribution in [2.45, 2.75) is 19.4 Å². The standard InChI is InChI=1S/C28H24N2O7/c1-2-12-37-28(34)17-5-8-20(9-6-17)30-24(19-4-3-11-29-16-19)23(26(32)27(30)33)25(31)18-7-10-21-22(15-18)36-14-13-35-21/h3-11,15-16,24,31H,2,12-14H2,1H3/b25-23-. The largest absolute Gasteiger partial charge is 0.507 e. The van der Waals surface area contributed by atoms with E-state index in [9.17, 15) is 19.5 Å². The lowest BCUT2D eigenvalue weighted by atomic mass is 9.96. The Morgan fingerprint density at radius 3 is 2.49 bits per heavy atom. The molecule has 1 fully saturated rings. The second-order valence-electron chi connectivity index (χ2n) is 8.50. The molecule has 1 saturated heterocycles. The van der Waals surface area contributed by atoms with Gasteiger partial charge >= 0.3 is 5.97 Å². The molecule has 1 unspecified atom stereocenters. The number of benzene rings is 2. The third kappa shape index (κ3) is 4.51. The lowest BCUT2D eigenvalue weighted by molar-refractivity contribution is -0.132. The highest BCUT2D eigenvalue weighted by Gasteiger charge is 2.47. The lowest BCUT2D eigenvalue weighted by Crippen LogP contribution is -2.29. The van der Waals surface area contributed by atoms with Crippen LogP contribution in [0.1, 0.15) is 40.9 Å². The van der Waals surface area contributed by atoms with E-state index in [4.69, 9.17) is 14.2 Å². The highest BCUT2D eigenvalue weighted by molar-refractivity contribution is 6.51. The summed E-state index contributed by atoms with van der Waals surface area (Å²) in [5.41, 5.74) is 1.46. The highest BCUT2D eigenvalue weighted by Crippen LogP contribution is 2.43. The first-order valence-electron chi connectivity index (χ1n) is 11.9. The number of aromatic nitrogens is 1. The number of nitrogens with zero attached hydrogens (tertiary/aromatic N) is 2. The summed E-state index contributed by atoms with van der Waals surface area (Å²) in [5, 5.41) is 11.3. The number of anilines is 1. The van der Waals surface area contributed by atoms with E-state index in [1.54, 1.807) is 48.7 Å². The van der Waals surface area contributed by atoms with Crippen molar-refractivity contribution in [1.82, 2.24) is 4.98 Å². The first-order valence-corrected chi connectivity index (χ1v) is 11.9. The molecule has 0 aliphatic carbocycles. The van der Waals surface area contributed by atoms with Crippen LogP contribution in [0.25, 0.3) is 5.76 Å². The molecule has 0 bridgehead atoms. The van der Waals surface area contributed by atoms with Gasteiger partial charge in [0.1, 0.15) is 19.0 Å². The van der Waals surface area contributed by atoms with Gasteiger partial charge in [-0.2, -0.15) is 0 Å². The number of carbonyl (C=O) groups is 3. The van der Waals surface area contributed by atoms with Crippen molar-refractivity contribution in [3.05, 3.63) is 89.3 Å². The van der Waals surface area contributed by atoms with Crippen LogP contribution in [0, 0.1) is 0 Å². The number of ketones is 1. The summed E-state index contributed by atoms with van der Waals surface area (Å²) in [6.07, 6.45) is 3.81. The number of carbonyl (C=O) groups excluding carboxylic acids is 3. The van der Waals surface area contributed by atoms with Crippen molar-refractivity contribution in [3.63, 3.8) is 0 Å². The number of fused-ring (bicyclic) bond motifs is 1. The van der Waals surface area contributed by atoms with Crippen molar-refractivity contribution in [2.24, 2.45) is 0 Å². The minimum Gasteiger partial charge on any atom is -0.507 e. The minimum atomic E-state index is -0.945. The van der Waals surface area contributed by atoms with Gasteiger partial charge in [0.15, 0.2) is 11.5 Å². The molecule has 3 aromatic rings. The number of hydrogen-bond donors (Lipinski definition) is 1. The van der Waals surface area contributed by atoms with Gasteiger partial charge in [0, 0.05) is 23.6 Å². The van der Waals surface area contributed by atoms with E-state index in [1.165, 1.54) is 23.2 Å². The molecule has 5 rings (SSSR count). The van der Waals surface area contributed by atoms with E-state index in [1.807, 2.05) is 6.92 Å². The zero-order valence-electron chi connectivity index (χ0n) is 20.0. The topological polar surface area (TPSA) is 115 Å². The fourth-order valence-corrected chi connectivity index (χ4v) is 4.33. The van der Waals surface area contributed by atoms with Gasteiger partial charge in [-0.3, -0.25) is 19.5 Å². The predicted octanol–water partition coefficient (Wildman–Crippen LogP) is 4.05. The Labute approximate surface area is 212 Å². The second-order valence-corrected chi connectivity index (χ2v) is 8.50. The fraction of sp³-hybridized carbons (Fsp3) is 0.214. The number of aliphatic hydroxyl groups is 1. The van der Waals surface area contributed by atoms with Gasteiger partial charge in [-0.15, -0.1) is 0 Å². The number of pyridine rings is 1. The smallest absolute Gasteiger partial charge is 0.338 e. The molecule has 1 N–H and O–H groups in total. The van der Waals surface area contributed by atoms with Gasteiger partial charge in [-0.25, -0.2) is 4.79 Å². The zero-order chi connectivity index (χ0) is 25.9. The molecule has 0 saturated carbocycles. The summed E-state index contributed by atoms with van der Waals surface area (Å²) in [5.74, 6) is -1.50. The Balaban J connectivity index is 1.58. The average Bonchev–Trinajstić information content (AvgIpc) is 3.21. The van der Waals surface area contributed by atoms with Crippen LogP contribution in [-0.2, 0) is 14.3 Å². The van der Waals surface area contributed by atoms with Crippen molar-refractivity contribution >= 4 is 29.1 Å². The highest BCUT2D eigenvalue weighted by atomic mass is 16.6. The van der Waals surface area contributed by atoms with E-state index < -0.39 is 23.7 Å². The Bertz CT molecular complexity index is 1380. The summed E-state index contributed by atoms with van der Waals surface area (Å²) >= 11 is 0. The normalized spacial score (nSPS) is 18.1. The maximum atomic E-state index is 13.3. The molecular formula is C28H24N2O7. The van der Waals surface area contributed by atoms with E-state index in [-0.39, 0.29) is 11.3 Å². The van der Waals surface area contributed by atoms with Crippen molar-refractivity contribution in [2.75, 3.05) is 24.7 Å². The lowest BCUT2D eigenvalue weighted by Gasteiger charge is -2.25. The van der Waals surface area contributed by atoms with Crippen LogP contribution >= 0.6 is 0 Å². The van der Waals surface area contributed by atoms with Gasteiger partial charge < -0.3 is 19.3 Å². The first kappa shape index (κ1) is 24.1. The Hall–Kier alpha value is -4.66. The molecule has 1 amide bonds. The minimum absolute atomic E-state index is 0.0823. The maximum absolute atomic E-state index is 13.3. The molecule has 188 valence electrons.